The summed E-state index contributed by atoms with van der Waals surface area (Å²) in [6.45, 7) is 4.33. The number of methoxy groups -OCH3 is 1. The molecule has 1 atom stereocenters. The van der Waals surface area contributed by atoms with Crippen molar-refractivity contribution in [2.75, 3.05) is 40.1 Å². The van der Waals surface area contributed by atoms with E-state index in [0.717, 1.165) is 55.5 Å². The third-order valence-corrected chi connectivity index (χ3v) is 6.42. The molecule has 0 aliphatic carbocycles. The van der Waals surface area contributed by atoms with Gasteiger partial charge in [-0.05, 0) is 47.5 Å². The molecule has 7 nitrogen and oxygen atoms in total. The van der Waals surface area contributed by atoms with Crippen molar-refractivity contribution in [3.63, 3.8) is 0 Å². The van der Waals surface area contributed by atoms with Gasteiger partial charge in [-0.3, -0.25) is 9.69 Å². The van der Waals surface area contributed by atoms with Crippen LogP contribution in [0.3, 0.4) is 0 Å². The number of nitrogens with zero attached hydrogens (tertiary/aromatic N) is 3. The van der Waals surface area contributed by atoms with Crippen molar-refractivity contribution in [1.29, 1.82) is 0 Å². The van der Waals surface area contributed by atoms with Crippen molar-refractivity contribution in [1.82, 2.24) is 14.4 Å². The molecule has 2 aromatic carbocycles. The largest absolute Gasteiger partial charge is 0.497 e. The van der Waals surface area contributed by atoms with Gasteiger partial charge in [0.15, 0.2) is 11.5 Å². The number of rotatable bonds is 7. The van der Waals surface area contributed by atoms with Crippen LogP contribution in [-0.2, 0) is 11.3 Å². The lowest BCUT2D eigenvalue weighted by molar-refractivity contribution is -0.133. The van der Waals surface area contributed by atoms with Gasteiger partial charge in [0.2, 0.25) is 12.7 Å². The van der Waals surface area contributed by atoms with Crippen LogP contribution in [0.2, 0.25) is 0 Å². The molecule has 172 valence electrons. The van der Waals surface area contributed by atoms with Crippen molar-refractivity contribution >= 4 is 5.91 Å². The highest BCUT2D eigenvalue weighted by molar-refractivity contribution is 5.77. The second-order valence-corrected chi connectivity index (χ2v) is 8.47. The van der Waals surface area contributed by atoms with Crippen LogP contribution in [0.25, 0.3) is 0 Å². The molecule has 1 fully saturated rings. The molecule has 3 aromatic rings. The fourth-order valence-corrected chi connectivity index (χ4v) is 4.52. The van der Waals surface area contributed by atoms with Crippen LogP contribution in [-0.4, -0.2) is 60.4 Å². The molecule has 0 bridgehead atoms. The molecular formula is C26H29N3O4. The molecule has 1 saturated heterocycles. The lowest BCUT2D eigenvalue weighted by atomic mass is 10.0. The summed E-state index contributed by atoms with van der Waals surface area (Å²) in [5.41, 5.74) is 2.30. The molecule has 3 heterocycles. The first-order valence-electron chi connectivity index (χ1n) is 11.3. The molecule has 1 aromatic heterocycles. The molecule has 2 aliphatic heterocycles. The minimum atomic E-state index is -0.0370. The summed E-state index contributed by atoms with van der Waals surface area (Å²) in [5, 5.41) is 0. The van der Waals surface area contributed by atoms with Gasteiger partial charge in [0, 0.05) is 45.1 Å². The summed E-state index contributed by atoms with van der Waals surface area (Å²) >= 11 is 0. The highest BCUT2D eigenvalue weighted by Crippen LogP contribution is 2.33. The number of ether oxygens (including phenoxy) is 3. The Labute approximate surface area is 194 Å². The molecule has 0 radical (unpaired) electrons. The maximum absolute atomic E-state index is 13.2. The van der Waals surface area contributed by atoms with Gasteiger partial charge in [0.05, 0.1) is 19.6 Å². The second kappa shape index (κ2) is 9.58. The van der Waals surface area contributed by atoms with E-state index in [-0.39, 0.29) is 11.9 Å². The average Bonchev–Trinajstić information content (AvgIpc) is 3.55. The minimum Gasteiger partial charge on any atom is -0.497 e. The zero-order valence-corrected chi connectivity index (χ0v) is 18.9. The van der Waals surface area contributed by atoms with Crippen LogP contribution >= 0.6 is 0 Å². The summed E-state index contributed by atoms with van der Waals surface area (Å²) in [4.78, 5) is 17.6. The fourth-order valence-electron chi connectivity index (χ4n) is 4.52. The molecule has 2 aliphatic rings. The molecule has 7 heteroatoms. The van der Waals surface area contributed by atoms with E-state index in [1.54, 1.807) is 7.11 Å². The van der Waals surface area contributed by atoms with Gasteiger partial charge in [-0.1, -0.05) is 18.2 Å². The molecule has 0 N–H and O–H groups in total. The van der Waals surface area contributed by atoms with E-state index < -0.39 is 0 Å². The third-order valence-electron chi connectivity index (χ3n) is 6.42. The van der Waals surface area contributed by atoms with Crippen molar-refractivity contribution in [3.8, 4) is 17.2 Å². The fraction of sp³-hybridized carbons (Fsp3) is 0.346. The van der Waals surface area contributed by atoms with E-state index in [4.69, 9.17) is 14.2 Å². The van der Waals surface area contributed by atoms with Gasteiger partial charge in [-0.2, -0.15) is 0 Å². The first-order chi connectivity index (χ1) is 16.2. The zero-order valence-electron chi connectivity index (χ0n) is 18.9. The van der Waals surface area contributed by atoms with Crippen LogP contribution in [0, 0.1) is 0 Å². The predicted octanol–water partition coefficient (Wildman–Crippen LogP) is 3.55. The summed E-state index contributed by atoms with van der Waals surface area (Å²) < 4.78 is 18.3. The van der Waals surface area contributed by atoms with E-state index in [1.165, 1.54) is 5.56 Å². The van der Waals surface area contributed by atoms with Crippen LogP contribution in [0.5, 0.6) is 17.2 Å². The monoisotopic (exact) mass is 447 g/mol. The molecule has 1 amide bonds. The number of hydrogen-bond donors (Lipinski definition) is 0. The van der Waals surface area contributed by atoms with E-state index >= 15 is 0 Å². The quantitative estimate of drug-likeness (QED) is 0.555. The van der Waals surface area contributed by atoms with Crippen molar-refractivity contribution < 1.29 is 19.0 Å². The summed E-state index contributed by atoms with van der Waals surface area (Å²) in [5.74, 6) is 2.63. The maximum atomic E-state index is 13.2. The standard InChI is InChI=1S/C26H29N3O4/c1-31-22-7-5-21(6-8-22)23(28-10-2-3-11-28)17-26(30)29-14-12-27(13-15-29)18-20-4-9-24-25(16-20)33-19-32-24/h2-11,16,23H,12-15,17-19H2,1H3/t23-/m1/s1. The lowest BCUT2D eigenvalue weighted by Crippen LogP contribution is -2.48. The highest BCUT2D eigenvalue weighted by atomic mass is 16.7. The van der Waals surface area contributed by atoms with Crippen molar-refractivity contribution in [3.05, 3.63) is 78.1 Å². The van der Waals surface area contributed by atoms with Crippen LogP contribution in [0.15, 0.2) is 67.0 Å². The second-order valence-electron chi connectivity index (χ2n) is 8.47. The molecule has 0 saturated carbocycles. The summed E-state index contributed by atoms with van der Waals surface area (Å²) in [6, 6.07) is 18.0. The number of hydrogen-bond acceptors (Lipinski definition) is 5. The Bertz CT molecular complexity index is 1070. The van der Waals surface area contributed by atoms with E-state index in [9.17, 15) is 4.79 Å². The first kappa shape index (κ1) is 21.4. The Morgan fingerprint density at radius 3 is 2.42 bits per heavy atom. The topological polar surface area (TPSA) is 56.2 Å². The lowest BCUT2D eigenvalue weighted by Gasteiger charge is -2.35. The van der Waals surface area contributed by atoms with Gasteiger partial charge in [0.1, 0.15) is 5.75 Å². The number of aromatic nitrogens is 1. The van der Waals surface area contributed by atoms with Crippen LogP contribution in [0.4, 0.5) is 0 Å². The average molecular weight is 448 g/mol. The van der Waals surface area contributed by atoms with E-state index in [0.29, 0.717) is 13.2 Å². The van der Waals surface area contributed by atoms with Gasteiger partial charge >= 0.3 is 0 Å². The highest BCUT2D eigenvalue weighted by Gasteiger charge is 2.25. The molecular weight excluding hydrogens is 418 g/mol. The van der Waals surface area contributed by atoms with E-state index in [1.807, 2.05) is 59.8 Å². The maximum Gasteiger partial charge on any atom is 0.231 e. The SMILES string of the molecule is COc1ccc([C@@H](CC(=O)N2CCN(Cc3ccc4c(c3)OCO4)CC2)n2cccc2)cc1. The Kier molecular flexibility index (Phi) is 6.21. The van der Waals surface area contributed by atoms with Crippen LogP contribution < -0.4 is 14.2 Å². The third kappa shape index (κ3) is 4.83. The minimum absolute atomic E-state index is 0.0370. The van der Waals surface area contributed by atoms with Crippen molar-refractivity contribution in [2.24, 2.45) is 0 Å². The molecule has 0 spiro atoms. The number of amides is 1. The number of carbonyl (C=O) groups is 1. The normalized spacial score (nSPS) is 16.6. The van der Waals surface area contributed by atoms with Crippen molar-refractivity contribution in [2.45, 2.75) is 19.0 Å². The number of carbonyl (C=O) groups excluding carboxylic acids is 1. The first-order valence-corrected chi connectivity index (χ1v) is 11.3. The number of benzene rings is 2. The molecule has 33 heavy (non-hydrogen) atoms. The Morgan fingerprint density at radius 2 is 1.70 bits per heavy atom. The Morgan fingerprint density at radius 1 is 0.970 bits per heavy atom. The summed E-state index contributed by atoms with van der Waals surface area (Å²) in [6.07, 6.45) is 4.47. The number of piperazine rings is 1. The zero-order chi connectivity index (χ0) is 22.6. The Balaban J connectivity index is 1.19. The molecule has 0 unspecified atom stereocenters. The van der Waals surface area contributed by atoms with E-state index in [2.05, 4.69) is 21.6 Å². The van der Waals surface area contributed by atoms with Gasteiger partial charge in [0.25, 0.3) is 0 Å². The summed E-state index contributed by atoms with van der Waals surface area (Å²) in [7, 11) is 1.66. The van der Waals surface area contributed by atoms with Gasteiger partial charge in [-0.25, -0.2) is 0 Å². The number of fused-ring (bicyclic) bond motifs is 1. The van der Waals surface area contributed by atoms with Crippen LogP contribution in [0.1, 0.15) is 23.6 Å². The predicted molar refractivity (Wildman–Crippen MR) is 125 cm³/mol. The molecule has 5 rings (SSSR count). The Hall–Kier alpha value is -3.45. The smallest absolute Gasteiger partial charge is 0.231 e. The van der Waals surface area contributed by atoms with Gasteiger partial charge < -0.3 is 23.7 Å². The van der Waals surface area contributed by atoms with Gasteiger partial charge in [-0.15, -0.1) is 0 Å².